The van der Waals surface area contributed by atoms with Gasteiger partial charge in [0.05, 0.1) is 11.6 Å². The SMILES string of the molecule is CC1CCC(C#N)(NC(=O)c2csc3ccccc23)CC1. The average Bonchev–Trinajstić information content (AvgIpc) is 2.94. The molecular weight excluding hydrogens is 280 g/mol. The second kappa shape index (κ2) is 5.50. The molecule has 1 aliphatic rings. The Labute approximate surface area is 128 Å². The Morgan fingerprint density at radius 3 is 2.81 bits per heavy atom. The first kappa shape index (κ1) is 14.1. The van der Waals surface area contributed by atoms with Gasteiger partial charge in [0.2, 0.25) is 0 Å². The number of fused-ring (bicyclic) bond motifs is 1. The van der Waals surface area contributed by atoms with Crippen molar-refractivity contribution < 1.29 is 4.79 Å². The van der Waals surface area contributed by atoms with E-state index in [-0.39, 0.29) is 5.91 Å². The molecule has 0 atom stereocenters. The molecule has 1 fully saturated rings. The average molecular weight is 298 g/mol. The Morgan fingerprint density at radius 2 is 2.10 bits per heavy atom. The fraction of sp³-hybridized carbons (Fsp3) is 0.412. The smallest absolute Gasteiger partial charge is 0.254 e. The van der Waals surface area contributed by atoms with Crippen molar-refractivity contribution in [3.63, 3.8) is 0 Å². The Hall–Kier alpha value is -1.86. The monoisotopic (exact) mass is 298 g/mol. The molecule has 1 heterocycles. The van der Waals surface area contributed by atoms with E-state index < -0.39 is 5.54 Å². The highest BCUT2D eigenvalue weighted by molar-refractivity contribution is 7.17. The van der Waals surface area contributed by atoms with Crippen LogP contribution < -0.4 is 5.32 Å². The number of nitriles is 1. The number of hydrogen-bond acceptors (Lipinski definition) is 3. The Morgan fingerprint density at radius 1 is 1.38 bits per heavy atom. The van der Waals surface area contributed by atoms with Crippen LogP contribution in [0, 0.1) is 17.2 Å². The summed E-state index contributed by atoms with van der Waals surface area (Å²) in [6.45, 7) is 2.20. The number of hydrogen-bond donors (Lipinski definition) is 1. The molecule has 0 bridgehead atoms. The number of amides is 1. The number of carbonyl (C=O) groups is 1. The zero-order valence-corrected chi connectivity index (χ0v) is 12.9. The minimum absolute atomic E-state index is 0.122. The van der Waals surface area contributed by atoms with Gasteiger partial charge in [-0.3, -0.25) is 4.79 Å². The first-order valence-corrected chi connectivity index (χ1v) is 8.21. The minimum Gasteiger partial charge on any atom is -0.334 e. The summed E-state index contributed by atoms with van der Waals surface area (Å²) < 4.78 is 1.10. The van der Waals surface area contributed by atoms with Crippen LogP contribution in [0.3, 0.4) is 0 Å². The molecule has 4 heteroatoms. The number of benzene rings is 1. The molecule has 2 aromatic rings. The molecule has 3 nitrogen and oxygen atoms in total. The first-order chi connectivity index (χ1) is 10.1. The van der Waals surface area contributed by atoms with Crippen molar-refractivity contribution in [3.05, 3.63) is 35.2 Å². The normalized spacial score (nSPS) is 25.4. The second-order valence-electron chi connectivity index (χ2n) is 5.98. The molecule has 0 saturated heterocycles. The third-order valence-corrected chi connectivity index (χ3v) is 5.38. The zero-order chi connectivity index (χ0) is 14.9. The predicted molar refractivity (Wildman–Crippen MR) is 85.3 cm³/mol. The molecule has 1 aromatic carbocycles. The highest BCUT2D eigenvalue weighted by atomic mass is 32.1. The molecule has 1 aromatic heterocycles. The number of nitrogens with zero attached hydrogens (tertiary/aromatic N) is 1. The van der Waals surface area contributed by atoms with Crippen LogP contribution in [-0.4, -0.2) is 11.4 Å². The van der Waals surface area contributed by atoms with Crippen LogP contribution in [0.1, 0.15) is 43.0 Å². The summed E-state index contributed by atoms with van der Waals surface area (Å²) in [5.74, 6) is 0.522. The van der Waals surface area contributed by atoms with Crippen molar-refractivity contribution in [2.75, 3.05) is 0 Å². The molecule has 3 rings (SSSR count). The van der Waals surface area contributed by atoms with Crippen molar-refractivity contribution >= 4 is 27.3 Å². The second-order valence-corrected chi connectivity index (χ2v) is 6.89. The van der Waals surface area contributed by atoms with E-state index in [1.54, 1.807) is 11.3 Å². The van der Waals surface area contributed by atoms with Gasteiger partial charge in [-0.15, -0.1) is 11.3 Å². The van der Waals surface area contributed by atoms with Crippen LogP contribution in [0.2, 0.25) is 0 Å². The van der Waals surface area contributed by atoms with E-state index >= 15 is 0 Å². The molecular formula is C17H18N2OS. The van der Waals surface area contributed by atoms with Crippen LogP contribution in [-0.2, 0) is 0 Å². The van der Waals surface area contributed by atoms with Crippen molar-refractivity contribution in [2.24, 2.45) is 5.92 Å². The van der Waals surface area contributed by atoms with Crippen LogP contribution in [0.5, 0.6) is 0 Å². The summed E-state index contributed by atoms with van der Waals surface area (Å²) in [6.07, 6.45) is 3.49. The van der Waals surface area contributed by atoms with Crippen molar-refractivity contribution in [2.45, 2.75) is 38.1 Å². The Bertz CT molecular complexity index is 705. The van der Waals surface area contributed by atoms with E-state index in [2.05, 4.69) is 18.3 Å². The molecule has 0 unspecified atom stereocenters. The van der Waals surface area contributed by atoms with E-state index in [0.29, 0.717) is 11.5 Å². The van der Waals surface area contributed by atoms with Crippen LogP contribution in [0.15, 0.2) is 29.6 Å². The highest BCUT2D eigenvalue weighted by Gasteiger charge is 2.36. The van der Waals surface area contributed by atoms with E-state index in [0.717, 1.165) is 35.8 Å². The standard InChI is InChI=1S/C17H18N2OS/c1-12-6-8-17(11-18,9-7-12)19-16(20)14-10-21-15-5-3-2-4-13(14)15/h2-5,10,12H,6-9H2,1H3,(H,19,20). The van der Waals surface area contributed by atoms with Crippen molar-refractivity contribution in [1.82, 2.24) is 5.32 Å². The Balaban J connectivity index is 1.84. The summed E-state index contributed by atoms with van der Waals surface area (Å²) in [7, 11) is 0. The van der Waals surface area contributed by atoms with E-state index in [9.17, 15) is 10.1 Å². The summed E-state index contributed by atoms with van der Waals surface area (Å²) in [4.78, 5) is 12.6. The number of nitrogens with one attached hydrogen (secondary N) is 1. The largest absolute Gasteiger partial charge is 0.334 e. The topological polar surface area (TPSA) is 52.9 Å². The summed E-state index contributed by atoms with van der Waals surface area (Å²) >= 11 is 1.57. The molecule has 1 aliphatic carbocycles. The lowest BCUT2D eigenvalue weighted by molar-refractivity contribution is 0.0896. The lowest BCUT2D eigenvalue weighted by atomic mass is 9.78. The molecule has 1 N–H and O–H groups in total. The molecule has 1 saturated carbocycles. The zero-order valence-electron chi connectivity index (χ0n) is 12.1. The Kier molecular flexibility index (Phi) is 3.69. The van der Waals surface area contributed by atoms with Gasteiger partial charge in [0.15, 0.2) is 0 Å². The van der Waals surface area contributed by atoms with E-state index in [4.69, 9.17) is 0 Å². The van der Waals surface area contributed by atoms with Gasteiger partial charge in [-0.25, -0.2) is 0 Å². The van der Waals surface area contributed by atoms with Gasteiger partial charge in [-0.1, -0.05) is 25.1 Å². The first-order valence-electron chi connectivity index (χ1n) is 7.33. The van der Waals surface area contributed by atoms with Gasteiger partial charge >= 0.3 is 0 Å². The molecule has 0 aliphatic heterocycles. The third kappa shape index (κ3) is 2.66. The van der Waals surface area contributed by atoms with Crippen molar-refractivity contribution in [1.29, 1.82) is 5.26 Å². The van der Waals surface area contributed by atoms with Crippen molar-refractivity contribution in [3.8, 4) is 6.07 Å². The molecule has 1 amide bonds. The third-order valence-electron chi connectivity index (χ3n) is 4.42. The van der Waals surface area contributed by atoms with Gasteiger partial charge < -0.3 is 5.32 Å². The van der Waals surface area contributed by atoms with Crippen LogP contribution in [0.4, 0.5) is 0 Å². The van der Waals surface area contributed by atoms with E-state index in [1.165, 1.54) is 0 Å². The number of rotatable bonds is 2. The predicted octanol–water partition coefficient (Wildman–Crippen LogP) is 4.10. The number of carbonyl (C=O) groups excluding carboxylic acids is 1. The van der Waals surface area contributed by atoms with Crippen LogP contribution >= 0.6 is 11.3 Å². The summed E-state index contributed by atoms with van der Waals surface area (Å²) in [6, 6.07) is 10.2. The molecule has 108 valence electrons. The number of thiophene rings is 1. The van der Waals surface area contributed by atoms with Gasteiger partial charge in [0.1, 0.15) is 5.54 Å². The lowest BCUT2D eigenvalue weighted by Gasteiger charge is -2.34. The maximum Gasteiger partial charge on any atom is 0.254 e. The van der Waals surface area contributed by atoms with E-state index in [1.807, 2.05) is 29.6 Å². The molecule has 0 radical (unpaired) electrons. The molecule has 0 spiro atoms. The molecule has 21 heavy (non-hydrogen) atoms. The fourth-order valence-corrected chi connectivity index (χ4v) is 3.90. The van der Waals surface area contributed by atoms with Gasteiger partial charge in [-0.05, 0) is 37.7 Å². The van der Waals surface area contributed by atoms with Crippen LogP contribution in [0.25, 0.3) is 10.1 Å². The summed E-state index contributed by atoms with van der Waals surface area (Å²) in [5.41, 5.74) is -0.00375. The van der Waals surface area contributed by atoms with Gasteiger partial charge in [0.25, 0.3) is 5.91 Å². The fourth-order valence-electron chi connectivity index (χ4n) is 2.96. The van der Waals surface area contributed by atoms with Gasteiger partial charge in [-0.2, -0.15) is 5.26 Å². The lowest BCUT2D eigenvalue weighted by Crippen LogP contribution is -2.49. The quantitative estimate of drug-likeness (QED) is 0.907. The minimum atomic E-state index is -0.688. The van der Waals surface area contributed by atoms with Gasteiger partial charge in [0, 0.05) is 15.5 Å². The highest BCUT2D eigenvalue weighted by Crippen LogP contribution is 2.32. The maximum absolute atomic E-state index is 12.6. The summed E-state index contributed by atoms with van der Waals surface area (Å²) in [5, 5.41) is 15.4. The maximum atomic E-state index is 12.6.